The molecule has 3 rings (SSSR count). The van der Waals surface area contributed by atoms with Crippen LogP contribution < -0.4 is 0 Å². The van der Waals surface area contributed by atoms with Crippen LogP contribution in [0.25, 0.3) is 0 Å². The number of piperidine rings is 1. The molecule has 0 bridgehead atoms. The number of aliphatic hydroxyl groups is 1. The van der Waals surface area contributed by atoms with E-state index >= 15 is 0 Å². The topological polar surface area (TPSA) is 60.9 Å². The van der Waals surface area contributed by atoms with E-state index in [1.54, 1.807) is 16.4 Å². The van der Waals surface area contributed by atoms with Gasteiger partial charge in [0.15, 0.2) is 0 Å². The van der Waals surface area contributed by atoms with Crippen molar-refractivity contribution in [3.63, 3.8) is 0 Å². The van der Waals surface area contributed by atoms with E-state index in [2.05, 4.69) is 20.8 Å². The lowest BCUT2D eigenvalue weighted by atomic mass is 10.1. The van der Waals surface area contributed by atoms with Gasteiger partial charge in [-0.1, -0.05) is 0 Å². The second-order valence-electron chi connectivity index (χ2n) is 5.63. The monoisotopic (exact) mass is 394 g/mol. The van der Waals surface area contributed by atoms with E-state index in [1.807, 2.05) is 0 Å². The van der Waals surface area contributed by atoms with Gasteiger partial charge in [-0.2, -0.15) is 4.31 Å². The quantitative estimate of drug-likeness (QED) is 0.847. The van der Waals surface area contributed by atoms with Crippen LogP contribution in [0.5, 0.6) is 0 Å². The minimum absolute atomic E-state index is 0.213. The van der Waals surface area contributed by atoms with E-state index in [4.69, 9.17) is 0 Å². The molecule has 2 fully saturated rings. The van der Waals surface area contributed by atoms with Gasteiger partial charge < -0.3 is 5.11 Å². The molecular formula is C13H19BrN2O3S2. The Labute approximate surface area is 137 Å². The van der Waals surface area contributed by atoms with Gasteiger partial charge in [0.25, 0.3) is 10.0 Å². The van der Waals surface area contributed by atoms with Gasteiger partial charge in [0.1, 0.15) is 4.21 Å². The standard InChI is InChI=1S/C13H19BrN2O3S2/c14-12-1-2-13(20-12)21(18,19)16-7-3-10(4-8-16)15-6-5-11(17)9-15/h1-2,10-11,17H,3-9H2/t11-/m0/s1. The molecule has 0 radical (unpaired) electrons. The van der Waals surface area contributed by atoms with Gasteiger partial charge in [0.05, 0.1) is 9.89 Å². The highest BCUT2D eigenvalue weighted by Gasteiger charge is 2.34. The Kier molecular flexibility index (Phi) is 4.73. The van der Waals surface area contributed by atoms with Crippen LogP contribution in [0.2, 0.25) is 0 Å². The smallest absolute Gasteiger partial charge is 0.252 e. The number of thiophene rings is 1. The summed E-state index contributed by atoms with van der Waals surface area (Å²) in [7, 11) is -3.34. The predicted molar refractivity (Wildman–Crippen MR) is 86.0 cm³/mol. The summed E-state index contributed by atoms with van der Waals surface area (Å²) in [5, 5.41) is 9.61. The Morgan fingerprint density at radius 2 is 1.90 bits per heavy atom. The normalized spacial score (nSPS) is 26.5. The van der Waals surface area contributed by atoms with Gasteiger partial charge in [0, 0.05) is 32.2 Å². The maximum atomic E-state index is 12.5. The molecule has 0 saturated carbocycles. The van der Waals surface area contributed by atoms with E-state index in [-0.39, 0.29) is 6.10 Å². The van der Waals surface area contributed by atoms with Crippen LogP contribution in [0.3, 0.4) is 0 Å². The number of nitrogens with zero attached hydrogens (tertiary/aromatic N) is 2. The van der Waals surface area contributed by atoms with Crippen molar-refractivity contribution in [1.82, 2.24) is 9.21 Å². The molecule has 0 spiro atoms. The Balaban J connectivity index is 1.63. The van der Waals surface area contributed by atoms with Gasteiger partial charge in [-0.05, 0) is 47.3 Å². The van der Waals surface area contributed by atoms with Gasteiger partial charge in [-0.15, -0.1) is 11.3 Å². The van der Waals surface area contributed by atoms with Crippen molar-refractivity contribution in [2.75, 3.05) is 26.2 Å². The summed E-state index contributed by atoms with van der Waals surface area (Å²) >= 11 is 4.57. The molecule has 0 aromatic carbocycles. The third-order valence-corrected chi connectivity index (χ3v) is 8.27. The summed E-state index contributed by atoms with van der Waals surface area (Å²) in [4.78, 5) is 2.30. The molecule has 2 saturated heterocycles. The van der Waals surface area contributed by atoms with E-state index in [0.717, 1.165) is 36.1 Å². The first-order valence-corrected chi connectivity index (χ1v) is 10.2. The minimum atomic E-state index is -3.34. The Bertz CT molecular complexity index is 596. The maximum absolute atomic E-state index is 12.5. The molecule has 2 aliphatic rings. The highest BCUT2D eigenvalue weighted by atomic mass is 79.9. The minimum Gasteiger partial charge on any atom is -0.392 e. The zero-order valence-electron chi connectivity index (χ0n) is 11.6. The number of sulfonamides is 1. The highest BCUT2D eigenvalue weighted by molar-refractivity contribution is 9.11. The van der Waals surface area contributed by atoms with Crippen LogP contribution in [-0.2, 0) is 10.0 Å². The molecule has 3 heterocycles. The number of halogens is 1. The number of β-amino-alcohol motifs (C(OH)–C–C–N with tert-alkyl or cyclic N) is 1. The van der Waals surface area contributed by atoms with Crippen molar-refractivity contribution < 1.29 is 13.5 Å². The summed E-state index contributed by atoms with van der Waals surface area (Å²) in [6, 6.07) is 3.84. The van der Waals surface area contributed by atoms with Crippen molar-refractivity contribution in [3.8, 4) is 0 Å². The van der Waals surface area contributed by atoms with Crippen molar-refractivity contribution in [2.45, 2.75) is 35.6 Å². The van der Waals surface area contributed by atoms with Crippen molar-refractivity contribution >= 4 is 37.3 Å². The molecule has 118 valence electrons. The molecule has 0 aliphatic carbocycles. The van der Waals surface area contributed by atoms with Gasteiger partial charge in [0.2, 0.25) is 0 Å². The Morgan fingerprint density at radius 3 is 2.43 bits per heavy atom. The van der Waals surface area contributed by atoms with Gasteiger partial charge in [-0.25, -0.2) is 8.42 Å². The van der Waals surface area contributed by atoms with Crippen LogP contribution >= 0.6 is 27.3 Å². The summed E-state index contributed by atoms with van der Waals surface area (Å²) in [5.41, 5.74) is 0. The number of rotatable bonds is 3. The Hall–Kier alpha value is 0.01000. The zero-order valence-corrected chi connectivity index (χ0v) is 14.8. The lowest BCUT2D eigenvalue weighted by molar-refractivity contribution is 0.132. The molecule has 1 aromatic heterocycles. The average Bonchev–Trinajstić information content (AvgIpc) is 3.08. The summed E-state index contributed by atoms with van der Waals surface area (Å²) < 4.78 is 27.9. The summed E-state index contributed by atoms with van der Waals surface area (Å²) in [5.74, 6) is 0. The molecule has 1 N–H and O–H groups in total. The molecular weight excluding hydrogens is 376 g/mol. The molecule has 5 nitrogen and oxygen atoms in total. The molecule has 2 aliphatic heterocycles. The van der Waals surface area contributed by atoms with Crippen LogP contribution in [0, 0.1) is 0 Å². The van der Waals surface area contributed by atoms with Gasteiger partial charge >= 0.3 is 0 Å². The Morgan fingerprint density at radius 1 is 1.19 bits per heavy atom. The van der Waals surface area contributed by atoms with Gasteiger partial charge in [-0.3, -0.25) is 4.90 Å². The van der Waals surface area contributed by atoms with E-state index in [9.17, 15) is 13.5 Å². The van der Waals surface area contributed by atoms with Crippen LogP contribution in [0.1, 0.15) is 19.3 Å². The zero-order chi connectivity index (χ0) is 15.0. The molecule has 0 amide bonds. The first kappa shape index (κ1) is 15.9. The molecule has 0 unspecified atom stereocenters. The molecule has 1 aromatic rings. The first-order valence-electron chi connectivity index (χ1n) is 7.14. The fourth-order valence-electron chi connectivity index (χ4n) is 3.11. The molecule has 8 heteroatoms. The third-order valence-electron chi connectivity index (χ3n) is 4.28. The number of hydrogen-bond donors (Lipinski definition) is 1. The largest absolute Gasteiger partial charge is 0.392 e. The van der Waals surface area contributed by atoms with Crippen molar-refractivity contribution in [2.24, 2.45) is 0 Å². The summed E-state index contributed by atoms with van der Waals surface area (Å²) in [6.45, 7) is 2.79. The van der Waals surface area contributed by atoms with Crippen molar-refractivity contribution in [3.05, 3.63) is 15.9 Å². The van der Waals surface area contributed by atoms with Crippen LogP contribution in [-0.4, -0.2) is 61.1 Å². The third kappa shape index (κ3) is 3.35. The van der Waals surface area contributed by atoms with Crippen LogP contribution in [0.4, 0.5) is 0 Å². The van der Waals surface area contributed by atoms with E-state index < -0.39 is 10.0 Å². The SMILES string of the molecule is O=S(=O)(c1ccc(Br)s1)N1CCC(N2CC[C@H](O)C2)CC1. The molecule has 21 heavy (non-hydrogen) atoms. The van der Waals surface area contributed by atoms with Crippen molar-refractivity contribution in [1.29, 1.82) is 0 Å². The maximum Gasteiger partial charge on any atom is 0.252 e. The van der Waals surface area contributed by atoms with E-state index in [1.165, 1.54) is 11.3 Å². The number of hydrogen-bond acceptors (Lipinski definition) is 5. The fraction of sp³-hybridized carbons (Fsp3) is 0.692. The number of aliphatic hydroxyl groups excluding tert-OH is 1. The fourth-order valence-corrected chi connectivity index (χ4v) is 6.74. The lowest BCUT2D eigenvalue weighted by Crippen LogP contribution is -2.46. The number of likely N-dealkylation sites (tertiary alicyclic amines) is 1. The first-order chi connectivity index (χ1) is 9.96. The lowest BCUT2D eigenvalue weighted by Gasteiger charge is -2.35. The summed E-state index contributed by atoms with van der Waals surface area (Å²) in [6.07, 6.45) is 2.31. The molecule has 1 atom stereocenters. The second-order valence-corrected chi connectivity index (χ2v) is 10.3. The highest BCUT2D eigenvalue weighted by Crippen LogP contribution is 2.31. The average molecular weight is 395 g/mol. The predicted octanol–water partition coefficient (Wildman–Crippen LogP) is 1.73. The van der Waals surface area contributed by atoms with Crippen LogP contribution in [0.15, 0.2) is 20.1 Å². The second kappa shape index (κ2) is 6.25. The van der Waals surface area contributed by atoms with E-state index in [0.29, 0.717) is 23.3 Å².